The molecular formula is C24H28N2O8. The summed E-state index contributed by atoms with van der Waals surface area (Å²) in [5.41, 5.74) is 1.43. The van der Waals surface area contributed by atoms with Gasteiger partial charge in [0.25, 0.3) is 0 Å². The Morgan fingerprint density at radius 2 is 1.56 bits per heavy atom. The zero-order valence-electron chi connectivity index (χ0n) is 19.0. The smallest absolute Gasteiger partial charge is 0.408 e. The van der Waals surface area contributed by atoms with Gasteiger partial charge in [-0.1, -0.05) is 42.5 Å². The van der Waals surface area contributed by atoms with Crippen molar-refractivity contribution in [2.24, 2.45) is 0 Å². The average Bonchev–Trinajstić information content (AvgIpc) is 2.82. The molecule has 0 saturated carbocycles. The second-order valence-corrected chi connectivity index (χ2v) is 7.22. The van der Waals surface area contributed by atoms with E-state index < -0.39 is 42.4 Å². The summed E-state index contributed by atoms with van der Waals surface area (Å²) in [6, 6.07) is 13.2. The van der Waals surface area contributed by atoms with Crippen molar-refractivity contribution in [3.8, 4) is 5.75 Å². The molecule has 2 aromatic carbocycles. The summed E-state index contributed by atoms with van der Waals surface area (Å²) < 4.78 is 15.2. The quantitative estimate of drug-likeness (QED) is 0.399. The predicted octanol–water partition coefficient (Wildman–Crippen LogP) is 2.06. The molecule has 0 fully saturated rings. The fourth-order valence-electron chi connectivity index (χ4n) is 3.00. The zero-order valence-corrected chi connectivity index (χ0v) is 19.0. The van der Waals surface area contributed by atoms with Gasteiger partial charge in [0.05, 0.1) is 20.1 Å². The summed E-state index contributed by atoms with van der Waals surface area (Å²) in [5, 5.41) is 13.9. The maximum atomic E-state index is 12.8. The standard InChI is InChI=1S/C24H28N2O8/c1-3-33-23(30)20(13-16-7-5-4-6-8-16)25-22(29)19(14-21(27)28)26-24(31)34-15-17-9-11-18(32-2)12-10-17/h4-12,19-20H,3,13-15H2,1-2H3,(H,25,29)(H,26,31)(H,27,28)/t19-,20-/m0/s1. The molecule has 0 heterocycles. The molecule has 10 heteroatoms. The van der Waals surface area contributed by atoms with Gasteiger partial charge < -0.3 is 30.0 Å². The number of amides is 2. The van der Waals surface area contributed by atoms with Crippen LogP contribution in [0.5, 0.6) is 5.75 Å². The summed E-state index contributed by atoms with van der Waals surface area (Å²) in [4.78, 5) is 48.7. The van der Waals surface area contributed by atoms with E-state index in [4.69, 9.17) is 14.2 Å². The number of carbonyl (C=O) groups is 4. The highest BCUT2D eigenvalue weighted by Crippen LogP contribution is 2.12. The third-order valence-corrected chi connectivity index (χ3v) is 4.69. The Bertz CT molecular complexity index is 963. The van der Waals surface area contributed by atoms with E-state index in [-0.39, 0.29) is 19.6 Å². The number of ether oxygens (including phenoxy) is 3. The van der Waals surface area contributed by atoms with Crippen molar-refractivity contribution in [2.45, 2.75) is 38.5 Å². The molecule has 0 aliphatic carbocycles. The van der Waals surface area contributed by atoms with Gasteiger partial charge in [-0.05, 0) is 30.2 Å². The molecule has 182 valence electrons. The van der Waals surface area contributed by atoms with Gasteiger partial charge >= 0.3 is 18.0 Å². The number of rotatable bonds is 12. The van der Waals surface area contributed by atoms with Crippen LogP contribution in [-0.4, -0.2) is 54.8 Å². The Balaban J connectivity index is 2.03. The number of aliphatic carboxylic acids is 1. The maximum absolute atomic E-state index is 12.8. The SMILES string of the molecule is CCOC(=O)[C@H](Cc1ccccc1)NC(=O)[C@H](CC(=O)O)NC(=O)OCc1ccc(OC)cc1. The number of carboxylic acids is 1. The van der Waals surface area contributed by atoms with Crippen LogP contribution in [0, 0.1) is 0 Å². The van der Waals surface area contributed by atoms with Crippen LogP contribution < -0.4 is 15.4 Å². The van der Waals surface area contributed by atoms with Crippen molar-refractivity contribution >= 4 is 23.9 Å². The van der Waals surface area contributed by atoms with Crippen LogP contribution >= 0.6 is 0 Å². The molecule has 2 atom stereocenters. The Morgan fingerprint density at radius 3 is 2.15 bits per heavy atom. The molecule has 3 N–H and O–H groups in total. The molecule has 0 aliphatic heterocycles. The van der Waals surface area contributed by atoms with Crippen molar-refractivity contribution in [2.75, 3.05) is 13.7 Å². The molecule has 0 aromatic heterocycles. The third-order valence-electron chi connectivity index (χ3n) is 4.69. The number of methoxy groups -OCH3 is 1. The van der Waals surface area contributed by atoms with E-state index in [0.29, 0.717) is 11.3 Å². The molecule has 2 amide bonds. The van der Waals surface area contributed by atoms with Crippen LogP contribution in [0.25, 0.3) is 0 Å². The van der Waals surface area contributed by atoms with E-state index in [1.165, 1.54) is 7.11 Å². The molecule has 2 aromatic rings. The Hall–Kier alpha value is -4.08. The predicted molar refractivity (Wildman–Crippen MR) is 121 cm³/mol. The van der Waals surface area contributed by atoms with Crippen LogP contribution in [0.3, 0.4) is 0 Å². The van der Waals surface area contributed by atoms with Gasteiger partial charge in [-0.15, -0.1) is 0 Å². The fraction of sp³-hybridized carbons (Fsp3) is 0.333. The highest BCUT2D eigenvalue weighted by molar-refractivity contribution is 5.92. The number of benzene rings is 2. The first-order valence-electron chi connectivity index (χ1n) is 10.6. The van der Waals surface area contributed by atoms with E-state index in [2.05, 4.69) is 10.6 Å². The highest BCUT2D eigenvalue weighted by atomic mass is 16.5. The molecule has 10 nitrogen and oxygen atoms in total. The molecule has 2 rings (SSSR count). The van der Waals surface area contributed by atoms with Crippen molar-refractivity contribution < 1.29 is 38.5 Å². The summed E-state index contributed by atoms with van der Waals surface area (Å²) in [5.74, 6) is -2.20. The highest BCUT2D eigenvalue weighted by Gasteiger charge is 2.29. The van der Waals surface area contributed by atoms with Crippen molar-refractivity contribution in [1.82, 2.24) is 10.6 Å². The van der Waals surface area contributed by atoms with Gasteiger partial charge in [0.1, 0.15) is 24.4 Å². The Kier molecular flexibility index (Phi) is 10.4. The summed E-state index contributed by atoms with van der Waals surface area (Å²) in [6.45, 7) is 1.64. The number of nitrogens with one attached hydrogen (secondary N) is 2. The van der Waals surface area contributed by atoms with Gasteiger partial charge in [-0.25, -0.2) is 9.59 Å². The lowest BCUT2D eigenvalue weighted by molar-refractivity contribution is -0.147. The second kappa shape index (κ2) is 13.5. The minimum Gasteiger partial charge on any atom is -0.497 e. The summed E-state index contributed by atoms with van der Waals surface area (Å²) >= 11 is 0. The van der Waals surface area contributed by atoms with Gasteiger partial charge in [-0.2, -0.15) is 0 Å². The van der Waals surface area contributed by atoms with Crippen LogP contribution in [0.15, 0.2) is 54.6 Å². The molecule has 0 aliphatic rings. The minimum absolute atomic E-state index is 0.100. The zero-order chi connectivity index (χ0) is 24.9. The molecule has 0 bridgehead atoms. The first kappa shape index (κ1) is 26.2. The van der Waals surface area contributed by atoms with Crippen LogP contribution in [0.2, 0.25) is 0 Å². The van der Waals surface area contributed by atoms with Gasteiger partial charge in [0.2, 0.25) is 5.91 Å². The topological polar surface area (TPSA) is 140 Å². The van der Waals surface area contributed by atoms with Crippen LogP contribution in [0.4, 0.5) is 4.79 Å². The lowest BCUT2D eigenvalue weighted by Crippen LogP contribution is -2.53. The minimum atomic E-state index is -1.46. The summed E-state index contributed by atoms with van der Waals surface area (Å²) in [6.07, 6.45) is -1.55. The van der Waals surface area contributed by atoms with E-state index >= 15 is 0 Å². The first-order valence-corrected chi connectivity index (χ1v) is 10.6. The molecular weight excluding hydrogens is 444 g/mol. The van der Waals surface area contributed by atoms with E-state index in [0.717, 1.165) is 5.56 Å². The van der Waals surface area contributed by atoms with E-state index in [9.17, 15) is 24.3 Å². The van der Waals surface area contributed by atoms with Crippen molar-refractivity contribution in [3.63, 3.8) is 0 Å². The summed E-state index contributed by atoms with van der Waals surface area (Å²) in [7, 11) is 1.53. The first-order chi connectivity index (χ1) is 16.3. The van der Waals surface area contributed by atoms with Gasteiger partial charge in [0, 0.05) is 6.42 Å². The van der Waals surface area contributed by atoms with Gasteiger partial charge in [0.15, 0.2) is 0 Å². The van der Waals surface area contributed by atoms with Crippen LogP contribution in [-0.2, 0) is 36.9 Å². The van der Waals surface area contributed by atoms with E-state index in [1.807, 2.05) is 6.07 Å². The monoisotopic (exact) mass is 472 g/mol. The largest absolute Gasteiger partial charge is 0.497 e. The number of hydrogen-bond acceptors (Lipinski definition) is 7. The number of alkyl carbamates (subject to hydrolysis) is 1. The molecule has 34 heavy (non-hydrogen) atoms. The molecule has 0 saturated heterocycles. The normalized spacial score (nSPS) is 12.1. The Labute approximate surface area is 197 Å². The van der Waals surface area contributed by atoms with Crippen LogP contribution in [0.1, 0.15) is 24.5 Å². The number of hydrogen-bond donors (Lipinski definition) is 3. The second-order valence-electron chi connectivity index (χ2n) is 7.22. The van der Waals surface area contributed by atoms with Gasteiger partial charge in [-0.3, -0.25) is 9.59 Å². The van der Waals surface area contributed by atoms with Crippen molar-refractivity contribution in [1.29, 1.82) is 0 Å². The molecule has 0 radical (unpaired) electrons. The number of carboxylic acid groups (broad SMARTS) is 1. The lowest BCUT2D eigenvalue weighted by atomic mass is 10.1. The molecule has 0 unspecified atom stereocenters. The maximum Gasteiger partial charge on any atom is 0.408 e. The van der Waals surface area contributed by atoms with Crippen molar-refractivity contribution in [3.05, 3.63) is 65.7 Å². The third kappa shape index (κ3) is 8.81. The Morgan fingerprint density at radius 1 is 0.882 bits per heavy atom. The lowest BCUT2D eigenvalue weighted by Gasteiger charge is -2.21. The number of esters is 1. The van der Waals surface area contributed by atoms with E-state index in [1.54, 1.807) is 55.5 Å². The average molecular weight is 472 g/mol. The molecule has 0 spiro atoms. The fourth-order valence-corrected chi connectivity index (χ4v) is 3.00. The number of carbonyl (C=O) groups excluding carboxylic acids is 3.